The van der Waals surface area contributed by atoms with Crippen LogP contribution in [0.25, 0.3) is 0 Å². The lowest BCUT2D eigenvalue weighted by Crippen LogP contribution is -2.23. The molecular formula is C9H9FN2O. The van der Waals surface area contributed by atoms with E-state index in [1.54, 1.807) is 6.07 Å². The number of benzene rings is 1. The first-order chi connectivity index (χ1) is 6.25. The summed E-state index contributed by atoms with van der Waals surface area (Å²) in [5.74, 6) is -0.467. The molecule has 0 bridgehead atoms. The number of carbonyl (C=O) groups is 1. The van der Waals surface area contributed by atoms with E-state index in [0.29, 0.717) is 12.2 Å². The van der Waals surface area contributed by atoms with Gasteiger partial charge in [-0.3, -0.25) is 4.79 Å². The number of anilines is 1. The van der Waals surface area contributed by atoms with Crippen LogP contribution in [0.15, 0.2) is 18.2 Å². The molecule has 2 N–H and O–H groups in total. The van der Waals surface area contributed by atoms with Gasteiger partial charge >= 0.3 is 0 Å². The molecule has 1 amide bonds. The summed E-state index contributed by atoms with van der Waals surface area (Å²) in [6.45, 7) is 0.866. The van der Waals surface area contributed by atoms with Gasteiger partial charge < -0.3 is 10.6 Å². The zero-order valence-electron chi connectivity index (χ0n) is 6.93. The van der Waals surface area contributed by atoms with Crippen molar-refractivity contribution in [1.82, 2.24) is 5.32 Å². The Kier molecular flexibility index (Phi) is 1.98. The van der Waals surface area contributed by atoms with Gasteiger partial charge in [0, 0.05) is 12.2 Å². The van der Waals surface area contributed by atoms with Crippen LogP contribution < -0.4 is 10.6 Å². The lowest BCUT2D eigenvalue weighted by molar-refractivity contribution is -0.115. The van der Waals surface area contributed by atoms with Crippen molar-refractivity contribution in [3.05, 3.63) is 29.6 Å². The molecule has 1 aromatic rings. The van der Waals surface area contributed by atoms with Crippen LogP contribution in [0.3, 0.4) is 0 Å². The maximum Gasteiger partial charge on any atom is 0.238 e. The Labute approximate surface area is 74.9 Å². The van der Waals surface area contributed by atoms with Crippen molar-refractivity contribution in [2.45, 2.75) is 6.54 Å². The summed E-state index contributed by atoms with van der Waals surface area (Å²) in [5.41, 5.74) is 1.47. The highest BCUT2D eigenvalue weighted by Crippen LogP contribution is 2.18. The van der Waals surface area contributed by atoms with Crippen LogP contribution in [-0.2, 0) is 11.3 Å². The van der Waals surface area contributed by atoms with Gasteiger partial charge in [0.25, 0.3) is 0 Å². The van der Waals surface area contributed by atoms with Crippen LogP contribution in [0.1, 0.15) is 5.56 Å². The third kappa shape index (κ3) is 1.67. The van der Waals surface area contributed by atoms with Crippen LogP contribution in [-0.4, -0.2) is 12.5 Å². The van der Waals surface area contributed by atoms with E-state index in [0.717, 1.165) is 5.56 Å². The molecule has 0 spiro atoms. The molecule has 1 aliphatic heterocycles. The number of hydrogen-bond acceptors (Lipinski definition) is 2. The van der Waals surface area contributed by atoms with E-state index in [1.807, 2.05) is 0 Å². The summed E-state index contributed by atoms with van der Waals surface area (Å²) in [5, 5.41) is 5.56. The monoisotopic (exact) mass is 180 g/mol. The molecule has 1 aromatic carbocycles. The molecule has 68 valence electrons. The van der Waals surface area contributed by atoms with Crippen molar-refractivity contribution in [3.8, 4) is 0 Å². The molecule has 0 saturated carbocycles. The molecule has 3 nitrogen and oxygen atoms in total. The van der Waals surface area contributed by atoms with Gasteiger partial charge in [0.05, 0.1) is 6.54 Å². The summed E-state index contributed by atoms with van der Waals surface area (Å²) >= 11 is 0. The zero-order chi connectivity index (χ0) is 9.26. The molecule has 1 heterocycles. The third-order valence-electron chi connectivity index (χ3n) is 1.95. The summed E-state index contributed by atoms with van der Waals surface area (Å²) in [6.07, 6.45) is 0. The van der Waals surface area contributed by atoms with Gasteiger partial charge in [-0.1, -0.05) is 6.07 Å². The van der Waals surface area contributed by atoms with Crippen LogP contribution >= 0.6 is 0 Å². The SMILES string of the molecule is O=C1CNCc2ccc(F)cc2N1. The highest BCUT2D eigenvalue weighted by Gasteiger charge is 2.11. The number of hydrogen-bond donors (Lipinski definition) is 2. The normalized spacial score (nSPS) is 15.9. The molecule has 4 heteroatoms. The third-order valence-corrected chi connectivity index (χ3v) is 1.95. The summed E-state index contributed by atoms with van der Waals surface area (Å²) < 4.78 is 12.8. The average Bonchev–Trinajstić information content (AvgIpc) is 2.25. The fourth-order valence-electron chi connectivity index (χ4n) is 1.32. The van der Waals surface area contributed by atoms with E-state index >= 15 is 0 Å². The van der Waals surface area contributed by atoms with E-state index in [4.69, 9.17) is 0 Å². The van der Waals surface area contributed by atoms with Crippen molar-refractivity contribution in [1.29, 1.82) is 0 Å². The molecule has 0 aliphatic carbocycles. The van der Waals surface area contributed by atoms with E-state index in [9.17, 15) is 9.18 Å². The van der Waals surface area contributed by atoms with E-state index < -0.39 is 0 Å². The Hall–Kier alpha value is -1.42. The second-order valence-corrected chi connectivity index (χ2v) is 2.95. The fourth-order valence-corrected chi connectivity index (χ4v) is 1.32. The quantitative estimate of drug-likeness (QED) is 0.622. The van der Waals surface area contributed by atoms with E-state index in [2.05, 4.69) is 10.6 Å². The molecule has 13 heavy (non-hydrogen) atoms. The maximum atomic E-state index is 12.8. The molecular weight excluding hydrogens is 171 g/mol. The molecule has 0 atom stereocenters. The van der Waals surface area contributed by atoms with Crippen LogP contribution in [0.2, 0.25) is 0 Å². The summed E-state index contributed by atoms with van der Waals surface area (Å²) in [7, 11) is 0. The molecule has 2 rings (SSSR count). The zero-order valence-corrected chi connectivity index (χ0v) is 6.93. The number of fused-ring (bicyclic) bond motifs is 1. The van der Waals surface area contributed by atoms with Crippen LogP contribution in [0.5, 0.6) is 0 Å². The van der Waals surface area contributed by atoms with Crippen molar-refractivity contribution in [2.75, 3.05) is 11.9 Å². The lowest BCUT2D eigenvalue weighted by Gasteiger charge is -2.04. The van der Waals surface area contributed by atoms with Crippen molar-refractivity contribution < 1.29 is 9.18 Å². The molecule has 0 radical (unpaired) electrons. The Bertz CT molecular complexity index is 351. The van der Waals surface area contributed by atoms with Gasteiger partial charge in [0.1, 0.15) is 5.82 Å². The number of amides is 1. The van der Waals surface area contributed by atoms with Gasteiger partial charge in [-0.2, -0.15) is 0 Å². The predicted octanol–water partition coefficient (Wildman–Crippen LogP) is 0.867. The standard InChI is InChI=1S/C9H9FN2O/c10-7-2-1-6-4-11-5-9(13)12-8(6)3-7/h1-3,11H,4-5H2,(H,12,13). The number of carbonyl (C=O) groups excluding carboxylic acids is 1. The predicted molar refractivity (Wildman–Crippen MR) is 46.7 cm³/mol. The average molecular weight is 180 g/mol. The molecule has 0 unspecified atom stereocenters. The van der Waals surface area contributed by atoms with Gasteiger partial charge in [-0.25, -0.2) is 4.39 Å². The molecule has 0 fully saturated rings. The largest absolute Gasteiger partial charge is 0.325 e. The number of rotatable bonds is 0. The first kappa shape index (κ1) is 8.19. The number of nitrogens with one attached hydrogen (secondary N) is 2. The van der Waals surface area contributed by atoms with Crippen molar-refractivity contribution in [3.63, 3.8) is 0 Å². The lowest BCUT2D eigenvalue weighted by atomic mass is 10.2. The minimum absolute atomic E-state index is 0.135. The second kappa shape index (κ2) is 3.14. The minimum atomic E-state index is -0.332. The highest BCUT2D eigenvalue weighted by atomic mass is 19.1. The molecule has 1 aliphatic rings. The van der Waals surface area contributed by atoms with Crippen LogP contribution in [0.4, 0.5) is 10.1 Å². The number of halogens is 1. The van der Waals surface area contributed by atoms with Crippen molar-refractivity contribution in [2.24, 2.45) is 0 Å². The Morgan fingerprint density at radius 1 is 1.31 bits per heavy atom. The summed E-state index contributed by atoms with van der Waals surface area (Å²) in [4.78, 5) is 11.1. The van der Waals surface area contributed by atoms with Gasteiger partial charge in [-0.15, -0.1) is 0 Å². The Morgan fingerprint density at radius 3 is 3.00 bits per heavy atom. The Balaban J connectivity index is 2.40. The molecule has 0 saturated heterocycles. The highest BCUT2D eigenvalue weighted by molar-refractivity contribution is 5.93. The smallest absolute Gasteiger partial charge is 0.238 e. The van der Waals surface area contributed by atoms with Gasteiger partial charge in [0.2, 0.25) is 5.91 Å². The van der Waals surface area contributed by atoms with Crippen LogP contribution in [0, 0.1) is 5.82 Å². The first-order valence-corrected chi connectivity index (χ1v) is 4.05. The van der Waals surface area contributed by atoms with E-state index in [-0.39, 0.29) is 18.3 Å². The summed E-state index contributed by atoms with van der Waals surface area (Å²) in [6, 6.07) is 4.39. The Morgan fingerprint density at radius 2 is 2.15 bits per heavy atom. The van der Waals surface area contributed by atoms with Gasteiger partial charge in [0.15, 0.2) is 0 Å². The second-order valence-electron chi connectivity index (χ2n) is 2.95. The first-order valence-electron chi connectivity index (χ1n) is 4.05. The topological polar surface area (TPSA) is 41.1 Å². The van der Waals surface area contributed by atoms with Gasteiger partial charge in [-0.05, 0) is 17.7 Å². The minimum Gasteiger partial charge on any atom is -0.325 e. The molecule has 0 aromatic heterocycles. The maximum absolute atomic E-state index is 12.8. The van der Waals surface area contributed by atoms with Crippen molar-refractivity contribution >= 4 is 11.6 Å². The van der Waals surface area contributed by atoms with E-state index in [1.165, 1.54) is 12.1 Å². The fraction of sp³-hybridized carbons (Fsp3) is 0.222.